The van der Waals surface area contributed by atoms with E-state index in [1.54, 1.807) is 42.5 Å². The summed E-state index contributed by atoms with van der Waals surface area (Å²) in [6.07, 6.45) is 0.553. The Kier molecular flexibility index (Phi) is 5.63. The number of imide groups is 1. The Morgan fingerprint density at radius 2 is 1.88 bits per heavy atom. The topological polar surface area (TPSA) is 58.6 Å². The second-order valence-corrected chi connectivity index (χ2v) is 6.05. The first-order valence-corrected chi connectivity index (χ1v) is 8.66. The van der Waals surface area contributed by atoms with Gasteiger partial charge in [-0.25, -0.2) is 9.29 Å². The molecule has 1 saturated heterocycles. The van der Waals surface area contributed by atoms with Gasteiger partial charge in [0.2, 0.25) is 5.91 Å². The maximum Gasteiger partial charge on any atom is 0.251 e. The van der Waals surface area contributed by atoms with Crippen molar-refractivity contribution in [1.29, 1.82) is 0 Å². The molecule has 1 N–H and O–H groups in total. The molecule has 1 heterocycles. The van der Waals surface area contributed by atoms with E-state index in [1.807, 2.05) is 6.92 Å². The molecule has 1 aliphatic heterocycles. The molecule has 26 heavy (non-hydrogen) atoms. The number of hydrogen-bond acceptors (Lipinski definition) is 4. The summed E-state index contributed by atoms with van der Waals surface area (Å²) in [7, 11) is 0. The van der Waals surface area contributed by atoms with Crippen LogP contribution in [-0.4, -0.2) is 31.0 Å². The second-order valence-electron chi connectivity index (χ2n) is 6.05. The molecule has 0 radical (unpaired) electrons. The Hall–Kier alpha value is -2.73. The maximum atomic E-state index is 13.6. The van der Waals surface area contributed by atoms with Gasteiger partial charge in [0, 0.05) is 6.54 Å². The van der Waals surface area contributed by atoms with Crippen molar-refractivity contribution >= 4 is 17.5 Å². The highest BCUT2D eigenvalue weighted by Gasteiger charge is 2.39. The minimum atomic E-state index is -0.583. The van der Waals surface area contributed by atoms with E-state index < -0.39 is 6.04 Å². The zero-order valence-corrected chi connectivity index (χ0v) is 14.6. The van der Waals surface area contributed by atoms with Gasteiger partial charge in [-0.15, -0.1) is 0 Å². The molecule has 1 fully saturated rings. The zero-order chi connectivity index (χ0) is 18.5. The molecule has 0 bridgehead atoms. The van der Waals surface area contributed by atoms with Crippen molar-refractivity contribution < 1.29 is 18.7 Å². The van der Waals surface area contributed by atoms with Crippen molar-refractivity contribution in [2.75, 3.05) is 18.1 Å². The standard InChI is InChI=1S/C20H21FN2O3/c1-2-26-16-9-7-15(8-10-16)23-19(24)13-18(20(23)25)22-12-11-14-5-3-4-6-17(14)21/h3-10,18,22H,2,11-13H2,1H3/t18-/m0/s1. The lowest BCUT2D eigenvalue weighted by Gasteiger charge is -2.16. The van der Waals surface area contributed by atoms with Gasteiger partial charge in [0.1, 0.15) is 11.6 Å². The lowest BCUT2D eigenvalue weighted by molar-refractivity contribution is -0.121. The Morgan fingerprint density at radius 3 is 2.58 bits per heavy atom. The van der Waals surface area contributed by atoms with E-state index in [-0.39, 0.29) is 24.1 Å². The third-order valence-electron chi connectivity index (χ3n) is 4.30. The van der Waals surface area contributed by atoms with E-state index in [1.165, 1.54) is 11.0 Å². The predicted octanol–water partition coefficient (Wildman–Crippen LogP) is 2.69. The molecule has 5 nitrogen and oxygen atoms in total. The van der Waals surface area contributed by atoms with E-state index in [9.17, 15) is 14.0 Å². The average molecular weight is 356 g/mol. The highest BCUT2D eigenvalue weighted by molar-refractivity contribution is 6.22. The fourth-order valence-corrected chi connectivity index (χ4v) is 3.00. The molecule has 6 heteroatoms. The average Bonchev–Trinajstić information content (AvgIpc) is 2.91. The Morgan fingerprint density at radius 1 is 1.15 bits per heavy atom. The predicted molar refractivity (Wildman–Crippen MR) is 96.6 cm³/mol. The number of ether oxygens (including phenoxy) is 1. The van der Waals surface area contributed by atoms with Gasteiger partial charge < -0.3 is 10.1 Å². The van der Waals surface area contributed by atoms with Crippen molar-refractivity contribution in [3.05, 3.63) is 59.9 Å². The molecule has 1 aliphatic rings. The van der Waals surface area contributed by atoms with Crippen LogP contribution < -0.4 is 15.0 Å². The summed E-state index contributed by atoms with van der Waals surface area (Å²) in [5.74, 6) is -0.107. The van der Waals surface area contributed by atoms with Gasteiger partial charge in [-0.05, 0) is 49.2 Å². The fourth-order valence-electron chi connectivity index (χ4n) is 3.00. The van der Waals surface area contributed by atoms with Crippen LogP contribution in [0.25, 0.3) is 0 Å². The van der Waals surface area contributed by atoms with Crippen LogP contribution >= 0.6 is 0 Å². The summed E-state index contributed by atoms with van der Waals surface area (Å²) < 4.78 is 19.0. The van der Waals surface area contributed by atoms with Gasteiger partial charge in [-0.1, -0.05) is 18.2 Å². The third kappa shape index (κ3) is 3.91. The molecule has 2 amide bonds. The maximum absolute atomic E-state index is 13.6. The van der Waals surface area contributed by atoms with Crippen LogP contribution in [0, 0.1) is 5.82 Å². The van der Waals surface area contributed by atoms with E-state index in [0.717, 1.165) is 0 Å². The minimum absolute atomic E-state index is 0.101. The number of hydrogen-bond donors (Lipinski definition) is 1. The Labute approximate surface area is 151 Å². The van der Waals surface area contributed by atoms with Crippen molar-refractivity contribution in [2.24, 2.45) is 0 Å². The largest absolute Gasteiger partial charge is 0.494 e. The van der Waals surface area contributed by atoms with Crippen molar-refractivity contribution in [3.8, 4) is 5.75 Å². The first-order valence-electron chi connectivity index (χ1n) is 8.66. The van der Waals surface area contributed by atoms with Crippen molar-refractivity contribution in [1.82, 2.24) is 5.32 Å². The van der Waals surface area contributed by atoms with Crippen LogP contribution in [0.4, 0.5) is 10.1 Å². The second kappa shape index (κ2) is 8.10. The number of halogens is 1. The zero-order valence-electron chi connectivity index (χ0n) is 14.6. The number of benzene rings is 2. The number of amides is 2. The van der Waals surface area contributed by atoms with Gasteiger partial charge in [-0.2, -0.15) is 0 Å². The number of carbonyl (C=O) groups is 2. The van der Waals surface area contributed by atoms with Gasteiger partial charge in [0.15, 0.2) is 0 Å². The number of nitrogens with one attached hydrogen (secondary N) is 1. The Bertz CT molecular complexity index is 792. The number of rotatable bonds is 7. The smallest absolute Gasteiger partial charge is 0.251 e. The summed E-state index contributed by atoms with van der Waals surface area (Å²) in [6.45, 7) is 2.86. The molecule has 2 aromatic rings. The SMILES string of the molecule is CCOc1ccc(N2C(=O)C[C@H](NCCc3ccccc3F)C2=O)cc1. The summed E-state index contributed by atoms with van der Waals surface area (Å²) in [5, 5.41) is 3.07. The minimum Gasteiger partial charge on any atom is -0.494 e. The first kappa shape index (κ1) is 18.1. The van der Waals surface area contributed by atoms with Crippen LogP contribution in [0.1, 0.15) is 18.9 Å². The number of anilines is 1. The third-order valence-corrected chi connectivity index (χ3v) is 4.30. The monoisotopic (exact) mass is 356 g/mol. The molecule has 136 valence electrons. The van der Waals surface area contributed by atoms with Crippen LogP contribution in [0.15, 0.2) is 48.5 Å². The van der Waals surface area contributed by atoms with Crippen molar-refractivity contribution in [3.63, 3.8) is 0 Å². The van der Waals surface area contributed by atoms with Gasteiger partial charge in [0.25, 0.3) is 5.91 Å². The summed E-state index contributed by atoms with van der Waals surface area (Å²) in [6, 6.07) is 12.8. The van der Waals surface area contributed by atoms with E-state index in [2.05, 4.69) is 5.32 Å². The molecule has 0 spiro atoms. The van der Waals surface area contributed by atoms with Gasteiger partial charge in [-0.3, -0.25) is 9.59 Å². The van der Waals surface area contributed by atoms with E-state index in [0.29, 0.717) is 36.6 Å². The lowest BCUT2D eigenvalue weighted by atomic mass is 10.1. The quantitative estimate of drug-likeness (QED) is 0.775. The number of carbonyl (C=O) groups excluding carboxylic acids is 2. The highest BCUT2D eigenvalue weighted by atomic mass is 19.1. The lowest BCUT2D eigenvalue weighted by Crippen LogP contribution is -2.39. The normalized spacial score (nSPS) is 17.0. The van der Waals surface area contributed by atoms with Crippen LogP contribution in [0.2, 0.25) is 0 Å². The summed E-state index contributed by atoms with van der Waals surface area (Å²) in [5.41, 5.74) is 1.11. The summed E-state index contributed by atoms with van der Waals surface area (Å²) in [4.78, 5) is 26.0. The molecule has 2 aromatic carbocycles. The number of nitrogens with zero attached hydrogens (tertiary/aromatic N) is 1. The molecule has 1 atom stereocenters. The van der Waals surface area contributed by atoms with Gasteiger partial charge in [0.05, 0.1) is 24.8 Å². The Balaban J connectivity index is 1.60. The molecule has 3 rings (SSSR count). The van der Waals surface area contributed by atoms with Crippen LogP contribution in [0.3, 0.4) is 0 Å². The molecule has 0 saturated carbocycles. The van der Waals surface area contributed by atoms with Gasteiger partial charge >= 0.3 is 0 Å². The van der Waals surface area contributed by atoms with Crippen LogP contribution in [-0.2, 0) is 16.0 Å². The van der Waals surface area contributed by atoms with Crippen molar-refractivity contribution in [2.45, 2.75) is 25.8 Å². The first-order chi connectivity index (χ1) is 12.6. The fraction of sp³-hybridized carbons (Fsp3) is 0.300. The van der Waals surface area contributed by atoms with E-state index in [4.69, 9.17) is 4.74 Å². The highest BCUT2D eigenvalue weighted by Crippen LogP contribution is 2.25. The van der Waals surface area contributed by atoms with Crippen LogP contribution in [0.5, 0.6) is 5.75 Å². The molecular formula is C20H21FN2O3. The van der Waals surface area contributed by atoms with E-state index >= 15 is 0 Å². The summed E-state index contributed by atoms with van der Waals surface area (Å²) >= 11 is 0. The molecule has 0 unspecified atom stereocenters. The molecule has 0 aromatic heterocycles. The molecular weight excluding hydrogens is 335 g/mol. The molecule has 0 aliphatic carbocycles.